The molecule has 0 heterocycles. The van der Waals surface area contributed by atoms with E-state index in [-0.39, 0.29) is 0 Å². The third-order valence-corrected chi connectivity index (χ3v) is 1.28. The fourth-order valence-electron chi connectivity index (χ4n) is 0.623. The number of allylic oxidation sites excluding steroid dienone is 6. The van der Waals surface area contributed by atoms with Gasteiger partial charge in [0.05, 0.1) is 0 Å². The minimum Gasteiger partial charge on any atom is -0.399 e. The molecule has 0 atom stereocenters. The van der Waals surface area contributed by atoms with Gasteiger partial charge in [-0.25, -0.2) is 0 Å². The normalized spacial score (nSPS) is 10.8. The van der Waals surface area contributed by atoms with E-state index in [0.717, 1.165) is 11.1 Å². The lowest BCUT2D eigenvalue weighted by Crippen LogP contribution is -1.89. The molecular weight excluding hydrogens is 146 g/mol. The van der Waals surface area contributed by atoms with E-state index < -0.39 is 0 Å². The molecule has 64 valence electrons. The van der Waals surface area contributed by atoms with E-state index in [2.05, 4.69) is 19.7 Å². The molecule has 0 aliphatic carbocycles. The van der Waals surface area contributed by atoms with Crippen molar-refractivity contribution in [3.63, 3.8) is 0 Å². The van der Waals surface area contributed by atoms with Gasteiger partial charge in [0.1, 0.15) is 0 Å². The van der Waals surface area contributed by atoms with Crippen LogP contribution in [0.3, 0.4) is 0 Å². The van der Waals surface area contributed by atoms with Crippen molar-refractivity contribution >= 4 is 0 Å². The van der Waals surface area contributed by atoms with Crippen molar-refractivity contribution in [3.8, 4) is 0 Å². The predicted octanol–water partition coefficient (Wildman–Crippen LogP) is 2.70. The van der Waals surface area contributed by atoms with E-state index in [1.807, 2.05) is 19.1 Å². The van der Waals surface area contributed by atoms with Gasteiger partial charge in [0.15, 0.2) is 0 Å². The van der Waals surface area contributed by atoms with E-state index in [1.54, 1.807) is 12.2 Å². The first-order valence-corrected chi connectivity index (χ1v) is 3.71. The Labute approximate surface area is 74.3 Å². The summed E-state index contributed by atoms with van der Waals surface area (Å²) in [4.78, 5) is 0. The van der Waals surface area contributed by atoms with E-state index in [0.29, 0.717) is 5.70 Å². The van der Waals surface area contributed by atoms with Crippen LogP contribution in [0.15, 0.2) is 60.9 Å². The molecule has 12 heavy (non-hydrogen) atoms. The summed E-state index contributed by atoms with van der Waals surface area (Å²) in [5.74, 6) is 0. The minimum atomic E-state index is 0.518. The van der Waals surface area contributed by atoms with Crippen LogP contribution >= 0.6 is 0 Å². The summed E-state index contributed by atoms with van der Waals surface area (Å²) in [6.07, 6.45) is 7.31. The standard InChI is InChI=1S/C11H15N/c1-5-6-9(2)10(3)7-8-11(4)12/h5-8H,2-4,12H2,1H3/b6-5-,8-7-. The van der Waals surface area contributed by atoms with E-state index in [4.69, 9.17) is 5.73 Å². The van der Waals surface area contributed by atoms with Gasteiger partial charge in [-0.1, -0.05) is 38.0 Å². The average Bonchev–Trinajstić information content (AvgIpc) is 2.00. The SMILES string of the molecule is C=C(N)/C=C\C(=C)C(=C)/C=C\C. The van der Waals surface area contributed by atoms with E-state index in [9.17, 15) is 0 Å². The molecule has 0 aliphatic rings. The van der Waals surface area contributed by atoms with Gasteiger partial charge in [-0.3, -0.25) is 0 Å². The molecule has 0 amide bonds. The van der Waals surface area contributed by atoms with Crippen molar-refractivity contribution in [2.24, 2.45) is 5.73 Å². The summed E-state index contributed by atoms with van der Waals surface area (Å²) >= 11 is 0. The molecule has 0 radical (unpaired) electrons. The van der Waals surface area contributed by atoms with Gasteiger partial charge in [0, 0.05) is 5.70 Å². The quantitative estimate of drug-likeness (QED) is 0.630. The van der Waals surface area contributed by atoms with Crippen molar-refractivity contribution in [1.29, 1.82) is 0 Å². The Bertz CT molecular complexity index is 254. The molecule has 2 N–H and O–H groups in total. The van der Waals surface area contributed by atoms with Crippen LogP contribution in [0, 0.1) is 0 Å². The molecule has 0 fully saturated rings. The lowest BCUT2D eigenvalue weighted by atomic mass is 10.1. The summed E-state index contributed by atoms with van der Waals surface area (Å²) in [6.45, 7) is 13.1. The second-order valence-corrected chi connectivity index (χ2v) is 2.46. The van der Waals surface area contributed by atoms with Gasteiger partial charge in [-0.2, -0.15) is 0 Å². The summed E-state index contributed by atoms with van der Waals surface area (Å²) in [5, 5.41) is 0. The number of hydrogen-bond donors (Lipinski definition) is 1. The van der Waals surface area contributed by atoms with Crippen LogP contribution in [0.4, 0.5) is 0 Å². The van der Waals surface area contributed by atoms with Crippen LogP contribution in [0.1, 0.15) is 6.92 Å². The minimum absolute atomic E-state index is 0.518. The molecule has 0 aromatic carbocycles. The van der Waals surface area contributed by atoms with Crippen molar-refractivity contribution in [2.45, 2.75) is 6.92 Å². The van der Waals surface area contributed by atoms with Crippen LogP contribution in [0.2, 0.25) is 0 Å². The smallest absolute Gasteiger partial charge is 0.0241 e. The Hall–Kier alpha value is -1.50. The zero-order valence-corrected chi connectivity index (χ0v) is 7.51. The van der Waals surface area contributed by atoms with Gasteiger partial charge >= 0.3 is 0 Å². The average molecular weight is 161 g/mol. The van der Waals surface area contributed by atoms with Crippen LogP contribution in [-0.4, -0.2) is 0 Å². The molecule has 0 saturated heterocycles. The maximum absolute atomic E-state index is 5.34. The van der Waals surface area contributed by atoms with E-state index >= 15 is 0 Å². The molecule has 0 aromatic heterocycles. The first kappa shape index (κ1) is 10.5. The van der Waals surface area contributed by atoms with Gasteiger partial charge in [0.2, 0.25) is 0 Å². The highest BCUT2D eigenvalue weighted by molar-refractivity contribution is 5.43. The molecule has 0 spiro atoms. The monoisotopic (exact) mass is 161 g/mol. The second-order valence-electron chi connectivity index (χ2n) is 2.46. The lowest BCUT2D eigenvalue weighted by molar-refractivity contribution is 1.44. The third kappa shape index (κ3) is 4.34. The highest BCUT2D eigenvalue weighted by Gasteiger charge is 1.89. The highest BCUT2D eigenvalue weighted by atomic mass is 14.5. The maximum atomic E-state index is 5.34. The molecule has 0 rings (SSSR count). The van der Waals surface area contributed by atoms with Crippen molar-refractivity contribution < 1.29 is 0 Å². The zero-order chi connectivity index (χ0) is 9.56. The molecule has 0 aliphatic heterocycles. The second kappa shape index (κ2) is 5.19. The van der Waals surface area contributed by atoms with Crippen molar-refractivity contribution in [3.05, 3.63) is 60.9 Å². The topological polar surface area (TPSA) is 26.0 Å². The summed E-state index contributed by atoms with van der Waals surface area (Å²) in [7, 11) is 0. The molecule has 0 bridgehead atoms. The molecule has 0 unspecified atom stereocenters. The molecule has 1 heteroatoms. The first-order chi connectivity index (χ1) is 5.57. The van der Waals surface area contributed by atoms with E-state index in [1.165, 1.54) is 0 Å². The fourth-order valence-corrected chi connectivity index (χ4v) is 0.623. The lowest BCUT2D eigenvalue weighted by Gasteiger charge is -1.97. The Morgan fingerprint density at radius 1 is 1.00 bits per heavy atom. The van der Waals surface area contributed by atoms with Gasteiger partial charge in [0.25, 0.3) is 0 Å². The predicted molar refractivity (Wildman–Crippen MR) is 55.6 cm³/mol. The first-order valence-electron chi connectivity index (χ1n) is 3.71. The van der Waals surface area contributed by atoms with Crippen molar-refractivity contribution in [2.75, 3.05) is 0 Å². The number of hydrogen-bond acceptors (Lipinski definition) is 1. The molecule has 1 nitrogen and oxygen atoms in total. The van der Waals surface area contributed by atoms with Gasteiger partial charge in [-0.15, -0.1) is 0 Å². The largest absolute Gasteiger partial charge is 0.399 e. The Morgan fingerprint density at radius 2 is 1.50 bits per heavy atom. The summed E-state index contributed by atoms with van der Waals surface area (Å²) in [5.41, 5.74) is 7.59. The summed E-state index contributed by atoms with van der Waals surface area (Å²) < 4.78 is 0. The van der Waals surface area contributed by atoms with Crippen LogP contribution < -0.4 is 5.73 Å². The molecule has 0 saturated carbocycles. The molecule has 0 aromatic rings. The number of rotatable bonds is 4. The highest BCUT2D eigenvalue weighted by Crippen LogP contribution is 2.08. The maximum Gasteiger partial charge on any atom is 0.0241 e. The van der Waals surface area contributed by atoms with Crippen LogP contribution in [-0.2, 0) is 0 Å². The Kier molecular flexibility index (Phi) is 4.54. The van der Waals surface area contributed by atoms with Crippen LogP contribution in [0.25, 0.3) is 0 Å². The van der Waals surface area contributed by atoms with Gasteiger partial charge < -0.3 is 5.73 Å². The van der Waals surface area contributed by atoms with Gasteiger partial charge in [-0.05, 0) is 24.1 Å². The summed E-state index contributed by atoms with van der Waals surface area (Å²) in [6, 6.07) is 0. The third-order valence-electron chi connectivity index (χ3n) is 1.28. The Morgan fingerprint density at radius 3 is 1.92 bits per heavy atom. The van der Waals surface area contributed by atoms with Crippen LogP contribution in [0.5, 0.6) is 0 Å². The van der Waals surface area contributed by atoms with Crippen molar-refractivity contribution in [1.82, 2.24) is 0 Å². The number of nitrogens with two attached hydrogens (primary N) is 1. The molecular formula is C11H15N. The zero-order valence-electron chi connectivity index (χ0n) is 7.51. The Balaban J connectivity index is 4.23. The fraction of sp³-hybridized carbons (Fsp3) is 0.0909.